The normalized spacial score (nSPS) is 15.4. The molecule has 0 spiro atoms. The fourth-order valence-electron chi connectivity index (χ4n) is 11.4. The maximum atomic E-state index is 14.5. The van der Waals surface area contributed by atoms with E-state index in [1.165, 1.54) is 6.92 Å². The van der Waals surface area contributed by atoms with Gasteiger partial charge in [-0.15, -0.1) is 0 Å². The number of nitrogens with two attached hydrogens (primary N) is 2. The van der Waals surface area contributed by atoms with Crippen molar-refractivity contribution in [3.05, 3.63) is 71.9 Å². The quantitative estimate of drug-likeness (QED) is 0.0273. The van der Waals surface area contributed by atoms with Crippen molar-refractivity contribution in [3.63, 3.8) is 0 Å². The average molecular weight is 1550 g/mol. The molecule has 110 heavy (non-hydrogen) atoms. The maximum absolute atomic E-state index is 14.5. The summed E-state index contributed by atoms with van der Waals surface area (Å²) in [5, 5.41) is 83.6. The summed E-state index contributed by atoms with van der Waals surface area (Å²) in [5.74, 6) is -16.3. The lowest BCUT2D eigenvalue weighted by atomic mass is 9.96. The zero-order chi connectivity index (χ0) is 82.5. The summed E-state index contributed by atoms with van der Waals surface area (Å²) in [6.07, 6.45) is 0.694. The Bertz CT molecular complexity index is 3560. The SMILES string of the molecule is CCCC(NC(=O)C(CCN)NC(=O)C(CO)NC(=O)C(Cc1c[nH]c2ccccc12)NC(=O)C(CO)NC(=O)CNC(=O)C(CCN)NC(=O)C(NC(=O)CC(O)CCC(C)CC)C(C)C)C(=O)NC(Cc1ccccc1)C(=O)NC(CCC(=O)O)C(=O)NC(C(=O)NC(C(=O)NC(C)C(=O)O)C(C)CC)C(C)C. The highest BCUT2D eigenvalue weighted by Gasteiger charge is 2.38. The molecule has 23 N–H and O–H groups in total. The molecule has 1 aromatic heterocycles. The van der Waals surface area contributed by atoms with Crippen molar-refractivity contribution in [1.82, 2.24) is 74.1 Å². The Morgan fingerprint density at radius 3 is 1.41 bits per heavy atom. The van der Waals surface area contributed by atoms with Crippen molar-refractivity contribution >= 4 is 99.6 Å². The van der Waals surface area contributed by atoms with E-state index < -0.39 is 218 Å². The van der Waals surface area contributed by atoms with E-state index >= 15 is 0 Å². The zero-order valence-corrected chi connectivity index (χ0v) is 64.3. The molecule has 13 amide bonds. The largest absolute Gasteiger partial charge is 0.481 e. The number of hydrogen-bond donors (Lipinski definition) is 21. The molecule has 15 unspecified atom stereocenters. The van der Waals surface area contributed by atoms with Gasteiger partial charge in [0.25, 0.3) is 0 Å². The monoisotopic (exact) mass is 1550 g/mol. The second-order valence-corrected chi connectivity index (χ2v) is 28.2. The molecule has 0 saturated carbocycles. The minimum absolute atomic E-state index is 0.0792. The van der Waals surface area contributed by atoms with E-state index in [1.807, 2.05) is 13.8 Å². The lowest BCUT2D eigenvalue weighted by Gasteiger charge is -2.30. The van der Waals surface area contributed by atoms with Gasteiger partial charge in [0.15, 0.2) is 0 Å². The van der Waals surface area contributed by atoms with Crippen LogP contribution in [0, 0.1) is 23.7 Å². The van der Waals surface area contributed by atoms with Gasteiger partial charge in [0, 0.05) is 36.4 Å². The van der Waals surface area contributed by atoms with Crippen LogP contribution in [0.1, 0.15) is 151 Å². The number of nitrogens with one attached hydrogen (secondary N) is 14. The van der Waals surface area contributed by atoms with Crippen LogP contribution < -0.4 is 80.6 Å². The van der Waals surface area contributed by atoms with Gasteiger partial charge in [0.1, 0.15) is 72.5 Å². The maximum Gasteiger partial charge on any atom is 0.325 e. The number of H-pyrrole nitrogens is 1. The summed E-state index contributed by atoms with van der Waals surface area (Å²) in [6, 6.07) is -2.82. The van der Waals surface area contributed by atoms with E-state index in [-0.39, 0.29) is 58.0 Å². The predicted molar refractivity (Wildman–Crippen MR) is 403 cm³/mol. The highest BCUT2D eigenvalue weighted by molar-refractivity contribution is 6.00. The summed E-state index contributed by atoms with van der Waals surface area (Å²) in [7, 11) is 0. The summed E-state index contributed by atoms with van der Waals surface area (Å²) in [4.78, 5) is 207. The lowest BCUT2D eigenvalue weighted by Crippen LogP contribution is -2.62. The Morgan fingerprint density at radius 2 is 0.882 bits per heavy atom. The standard InChI is InChI=1S/C74H116N16O20/c1-11-19-49(64(99)85-53(32-44-20-15-14-16-21-44)67(102)82-50(26-27-59(96)97)66(101)89-61(40(6)7)72(107)90-62(42(9)13-3)73(108)79-43(10)74(109)110)81-65(100)52(29-31-76)83-70(105)56(38-92)87-68(103)54(33-45-35-77-48-23-18-17-22-47(45)48)86-69(104)55(37-91)80-58(95)36-78-63(98)51(28-30-75)84-71(106)60(39(4)5)88-57(94)34-46(93)25-24-41(8)12-2/h14-18,20-23,35,39-43,46,49-56,60-62,77,91-93H,11-13,19,24-34,36-38,75-76H2,1-10H3,(H,78,98)(H,79,108)(H,80,95)(H,81,100)(H,82,102)(H,83,105)(H,84,106)(H,85,99)(H,86,104)(H,87,103)(H,88,94)(H,89,101)(H,90,107)(H,96,97)(H,109,110). The number of carboxylic acid groups (broad SMARTS) is 2. The van der Waals surface area contributed by atoms with Gasteiger partial charge >= 0.3 is 11.9 Å². The van der Waals surface area contributed by atoms with Crippen LogP contribution in [-0.2, 0) is 84.8 Å². The van der Waals surface area contributed by atoms with Gasteiger partial charge in [-0.3, -0.25) is 71.9 Å². The molecule has 2 aromatic carbocycles. The van der Waals surface area contributed by atoms with Crippen LogP contribution in [0.5, 0.6) is 0 Å². The molecule has 36 nitrogen and oxygen atoms in total. The second-order valence-electron chi connectivity index (χ2n) is 28.2. The molecule has 612 valence electrons. The molecule has 0 aliphatic heterocycles. The van der Waals surface area contributed by atoms with Crippen LogP contribution in [0.25, 0.3) is 10.9 Å². The Hall–Kier alpha value is -10.2. The lowest BCUT2D eigenvalue weighted by molar-refractivity contribution is -0.142. The van der Waals surface area contributed by atoms with Crippen molar-refractivity contribution in [2.45, 2.75) is 231 Å². The van der Waals surface area contributed by atoms with E-state index in [4.69, 9.17) is 11.5 Å². The van der Waals surface area contributed by atoms with Crippen LogP contribution in [0.4, 0.5) is 0 Å². The Morgan fingerprint density at radius 1 is 0.436 bits per heavy atom. The van der Waals surface area contributed by atoms with Crippen molar-refractivity contribution in [3.8, 4) is 0 Å². The topological polar surface area (TPSA) is 581 Å². The number of carboxylic acids is 2. The third-order valence-electron chi connectivity index (χ3n) is 18.5. The Kier molecular flexibility index (Phi) is 41.4. The molecule has 0 bridgehead atoms. The summed E-state index contributed by atoms with van der Waals surface area (Å²) in [6.45, 7) is 13.5. The molecule has 0 fully saturated rings. The number of para-hydroxylation sites is 1. The van der Waals surface area contributed by atoms with Gasteiger partial charge in [-0.05, 0) is 99.4 Å². The predicted octanol–water partition coefficient (Wildman–Crippen LogP) is -2.73. The van der Waals surface area contributed by atoms with Crippen molar-refractivity contribution < 1.29 is 97.5 Å². The van der Waals surface area contributed by atoms with Crippen molar-refractivity contribution in [2.75, 3.05) is 32.8 Å². The minimum atomic E-state index is -1.86. The summed E-state index contributed by atoms with van der Waals surface area (Å²) in [5.41, 5.74) is 13.3. The smallest absolute Gasteiger partial charge is 0.325 e. The van der Waals surface area contributed by atoms with Crippen molar-refractivity contribution in [1.29, 1.82) is 0 Å². The number of aromatic nitrogens is 1. The van der Waals surface area contributed by atoms with Crippen LogP contribution in [0.2, 0.25) is 0 Å². The number of carbonyl (C=O) groups is 15. The Balaban J connectivity index is 1.85. The number of amides is 13. The number of fused-ring (bicyclic) bond motifs is 1. The summed E-state index contributed by atoms with van der Waals surface area (Å²) >= 11 is 0. The highest BCUT2D eigenvalue weighted by Crippen LogP contribution is 2.21. The molecule has 36 heteroatoms. The van der Waals surface area contributed by atoms with Crippen molar-refractivity contribution in [2.24, 2.45) is 35.1 Å². The first kappa shape index (κ1) is 94.0. The first-order valence-corrected chi connectivity index (χ1v) is 37.3. The molecular formula is C74H116N16O20. The molecular weight excluding hydrogens is 1430 g/mol. The van der Waals surface area contributed by atoms with E-state index in [1.54, 1.807) is 109 Å². The molecule has 0 aliphatic carbocycles. The number of rotatable bonds is 51. The molecule has 1 heterocycles. The first-order valence-electron chi connectivity index (χ1n) is 37.3. The number of carbonyl (C=O) groups excluding carboxylic acids is 13. The number of benzene rings is 2. The summed E-state index contributed by atoms with van der Waals surface area (Å²) < 4.78 is 0. The molecule has 3 aromatic rings. The van der Waals surface area contributed by atoms with E-state index in [0.29, 0.717) is 47.2 Å². The van der Waals surface area contributed by atoms with Gasteiger partial charge < -0.3 is 111 Å². The van der Waals surface area contributed by atoms with Gasteiger partial charge in [-0.1, -0.05) is 130 Å². The fourth-order valence-corrected chi connectivity index (χ4v) is 11.4. The van der Waals surface area contributed by atoms with E-state index in [2.05, 4.69) is 74.1 Å². The molecule has 0 radical (unpaired) electrons. The minimum Gasteiger partial charge on any atom is -0.481 e. The molecule has 0 aliphatic rings. The van der Waals surface area contributed by atoms with Gasteiger partial charge in [-0.25, -0.2) is 0 Å². The first-order chi connectivity index (χ1) is 52.1. The van der Waals surface area contributed by atoms with Gasteiger partial charge in [-0.2, -0.15) is 0 Å². The second kappa shape index (κ2) is 48.4. The third kappa shape index (κ3) is 31.8. The molecule has 0 saturated heterocycles. The van der Waals surface area contributed by atoms with Crippen LogP contribution >= 0.6 is 0 Å². The average Bonchev–Trinajstić information content (AvgIpc) is 1.66. The van der Waals surface area contributed by atoms with Gasteiger partial charge in [0.05, 0.1) is 32.3 Å². The number of aliphatic hydroxyl groups is 3. The number of aliphatic hydroxyl groups excluding tert-OH is 3. The number of aromatic amines is 1. The fraction of sp³-hybridized carbons (Fsp3) is 0.608. The Labute approximate surface area is 639 Å². The van der Waals surface area contributed by atoms with E-state index in [9.17, 15) is 97.5 Å². The third-order valence-corrected chi connectivity index (χ3v) is 18.5. The van der Waals surface area contributed by atoms with E-state index in [0.717, 1.165) is 6.42 Å². The van der Waals surface area contributed by atoms with Gasteiger partial charge in [0.2, 0.25) is 76.8 Å². The highest BCUT2D eigenvalue weighted by atomic mass is 16.4. The van der Waals surface area contributed by atoms with Crippen LogP contribution in [0.15, 0.2) is 60.8 Å². The van der Waals surface area contributed by atoms with Crippen LogP contribution in [0.3, 0.4) is 0 Å². The van der Waals surface area contributed by atoms with Crippen LogP contribution in [-0.4, -0.2) is 231 Å². The molecule has 3 rings (SSSR count). The zero-order valence-electron chi connectivity index (χ0n) is 64.3. The number of aliphatic carboxylic acids is 2. The number of hydrogen-bond acceptors (Lipinski definition) is 20. The molecule has 15 atom stereocenters.